The van der Waals surface area contributed by atoms with Crippen molar-refractivity contribution in [3.05, 3.63) is 60.1 Å². The topological polar surface area (TPSA) is 93.4 Å². The van der Waals surface area contributed by atoms with Gasteiger partial charge in [-0.1, -0.05) is 24.3 Å². The van der Waals surface area contributed by atoms with Crippen LogP contribution in [-0.2, 0) is 20.9 Å². The number of nitrogens with one attached hydrogen (secondary N) is 1. The summed E-state index contributed by atoms with van der Waals surface area (Å²) in [6.07, 6.45) is 4.00. The number of carbonyl (C=O) groups is 2. The molecule has 3 heterocycles. The zero-order chi connectivity index (χ0) is 18.3. The second-order valence-electron chi connectivity index (χ2n) is 6.35. The zero-order valence-corrected chi connectivity index (χ0v) is 13.6. The van der Waals surface area contributed by atoms with E-state index in [-0.39, 0.29) is 5.82 Å². The largest absolute Gasteiger partial charge is 0.481 e. The van der Waals surface area contributed by atoms with Crippen molar-refractivity contribution in [2.75, 3.05) is 5.32 Å². The van der Waals surface area contributed by atoms with E-state index in [0.717, 1.165) is 5.56 Å². The van der Waals surface area contributed by atoms with Crippen LogP contribution in [0.25, 0.3) is 0 Å². The molecule has 4 rings (SSSR count). The molecule has 8 heteroatoms. The average Bonchev–Trinajstić information content (AvgIpc) is 3.32. The van der Waals surface area contributed by atoms with Crippen molar-refractivity contribution in [1.29, 1.82) is 0 Å². The van der Waals surface area contributed by atoms with Crippen molar-refractivity contribution >= 4 is 17.7 Å². The lowest BCUT2D eigenvalue weighted by Gasteiger charge is -2.20. The van der Waals surface area contributed by atoms with Gasteiger partial charge in [-0.25, -0.2) is 4.39 Å². The molecule has 1 aromatic carbocycles. The Bertz CT molecular complexity index is 877. The van der Waals surface area contributed by atoms with Gasteiger partial charge >= 0.3 is 5.97 Å². The predicted octanol–water partition coefficient (Wildman–Crippen LogP) is 1.66. The number of carboxylic acids is 1. The average molecular weight is 357 g/mol. The van der Waals surface area contributed by atoms with Gasteiger partial charge in [-0.15, -0.1) is 0 Å². The van der Waals surface area contributed by atoms with E-state index in [9.17, 15) is 19.1 Å². The number of rotatable bonds is 5. The standard InChI is InChI=1S/C18H16FN3O4/c19-11-3-1-10(2-4-11)9-22-8-7-14(21-22)20-17(23)15-12-5-6-13(26-12)16(15)18(24)25/h1-8,12-13,15-16H,9H2,(H,24,25)(H,20,21,23)/t12-,13-,15+,16+/m1/s1. The third-order valence-corrected chi connectivity index (χ3v) is 4.64. The van der Waals surface area contributed by atoms with Crippen LogP contribution in [0.4, 0.5) is 10.2 Å². The molecule has 2 N–H and O–H groups in total. The van der Waals surface area contributed by atoms with Gasteiger partial charge in [-0.2, -0.15) is 5.10 Å². The van der Waals surface area contributed by atoms with Crippen LogP contribution < -0.4 is 5.32 Å². The second kappa shape index (κ2) is 6.38. The highest BCUT2D eigenvalue weighted by molar-refractivity contribution is 5.96. The number of aliphatic carboxylic acids is 1. The fourth-order valence-corrected chi connectivity index (χ4v) is 3.42. The van der Waals surface area contributed by atoms with Crippen LogP contribution in [0.5, 0.6) is 0 Å². The van der Waals surface area contributed by atoms with Gasteiger partial charge in [-0.3, -0.25) is 14.3 Å². The number of anilines is 1. The van der Waals surface area contributed by atoms with Crippen LogP contribution in [0, 0.1) is 17.7 Å². The highest BCUT2D eigenvalue weighted by Gasteiger charge is 2.53. The Morgan fingerprint density at radius 2 is 1.85 bits per heavy atom. The molecule has 1 fully saturated rings. The van der Waals surface area contributed by atoms with Crippen LogP contribution >= 0.6 is 0 Å². The lowest BCUT2D eigenvalue weighted by molar-refractivity contribution is -0.145. The molecule has 1 saturated heterocycles. The fourth-order valence-electron chi connectivity index (χ4n) is 3.42. The summed E-state index contributed by atoms with van der Waals surface area (Å²) in [5.74, 6) is -3.15. The molecular formula is C18H16FN3O4. The van der Waals surface area contributed by atoms with Crippen molar-refractivity contribution in [2.45, 2.75) is 18.8 Å². The maximum Gasteiger partial charge on any atom is 0.310 e. The minimum absolute atomic E-state index is 0.308. The number of carbonyl (C=O) groups excluding carboxylic acids is 1. The number of ether oxygens (including phenoxy) is 1. The molecule has 7 nitrogen and oxygen atoms in total. The van der Waals surface area contributed by atoms with Gasteiger partial charge in [0.1, 0.15) is 11.7 Å². The van der Waals surface area contributed by atoms with Gasteiger partial charge in [0, 0.05) is 12.3 Å². The van der Waals surface area contributed by atoms with Crippen LogP contribution in [0.15, 0.2) is 48.7 Å². The maximum atomic E-state index is 12.9. The third-order valence-electron chi connectivity index (χ3n) is 4.64. The Hall–Kier alpha value is -3.00. The number of nitrogens with zero attached hydrogens (tertiary/aromatic N) is 2. The molecule has 0 saturated carbocycles. The normalized spacial score (nSPS) is 26.2. The number of amides is 1. The first-order chi connectivity index (χ1) is 12.5. The van der Waals surface area contributed by atoms with E-state index in [0.29, 0.717) is 12.4 Å². The van der Waals surface area contributed by atoms with Crippen molar-refractivity contribution in [3.63, 3.8) is 0 Å². The molecule has 2 aromatic rings. The minimum Gasteiger partial charge on any atom is -0.481 e. The number of halogens is 1. The SMILES string of the molecule is O=C(O)[C@@H]1[C@@H](C(=O)Nc2ccn(Cc3ccc(F)cc3)n2)[C@H]2C=C[C@H]1O2. The predicted molar refractivity (Wildman–Crippen MR) is 88.8 cm³/mol. The van der Waals surface area contributed by atoms with E-state index in [1.165, 1.54) is 12.1 Å². The number of carboxylic acid groups (broad SMARTS) is 1. The number of aromatic nitrogens is 2. The van der Waals surface area contributed by atoms with Crippen molar-refractivity contribution < 1.29 is 23.8 Å². The molecule has 2 bridgehead atoms. The van der Waals surface area contributed by atoms with E-state index >= 15 is 0 Å². The van der Waals surface area contributed by atoms with Gasteiger partial charge in [-0.05, 0) is 17.7 Å². The number of benzene rings is 1. The quantitative estimate of drug-likeness (QED) is 0.794. The second-order valence-corrected chi connectivity index (χ2v) is 6.35. The Kier molecular flexibility index (Phi) is 4.04. The van der Waals surface area contributed by atoms with E-state index in [4.69, 9.17) is 4.74 Å². The molecule has 2 aliphatic heterocycles. The Morgan fingerprint density at radius 1 is 1.15 bits per heavy atom. The first kappa shape index (κ1) is 16.5. The maximum absolute atomic E-state index is 12.9. The highest BCUT2D eigenvalue weighted by atomic mass is 19.1. The molecule has 2 aliphatic rings. The summed E-state index contributed by atoms with van der Waals surface area (Å²) in [5.41, 5.74) is 0.866. The monoisotopic (exact) mass is 357 g/mol. The van der Waals surface area contributed by atoms with E-state index in [1.54, 1.807) is 41.2 Å². The lowest BCUT2D eigenvalue weighted by atomic mass is 9.82. The van der Waals surface area contributed by atoms with Crippen LogP contribution in [0.3, 0.4) is 0 Å². The number of hydrogen-bond acceptors (Lipinski definition) is 4. The molecule has 4 atom stereocenters. The van der Waals surface area contributed by atoms with Gasteiger partial charge in [0.2, 0.25) is 5.91 Å². The van der Waals surface area contributed by atoms with E-state index in [1.807, 2.05) is 0 Å². The molecule has 0 radical (unpaired) electrons. The molecule has 26 heavy (non-hydrogen) atoms. The number of fused-ring (bicyclic) bond motifs is 2. The van der Waals surface area contributed by atoms with E-state index < -0.39 is 35.9 Å². The Morgan fingerprint density at radius 3 is 2.54 bits per heavy atom. The van der Waals surface area contributed by atoms with E-state index in [2.05, 4.69) is 10.4 Å². The molecule has 1 amide bonds. The van der Waals surface area contributed by atoms with Crippen molar-refractivity contribution in [1.82, 2.24) is 9.78 Å². The molecular weight excluding hydrogens is 341 g/mol. The molecule has 1 aromatic heterocycles. The van der Waals surface area contributed by atoms with Gasteiger partial charge in [0.25, 0.3) is 0 Å². The number of hydrogen-bond donors (Lipinski definition) is 2. The summed E-state index contributed by atoms with van der Waals surface area (Å²) >= 11 is 0. The van der Waals surface area contributed by atoms with Crippen molar-refractivity contribution in [3.8, 4) is 0 Å². The zero-order valence-electron chi connectivity index (χ0n) is 13.6. The summed E-state index contributed by atoms with van der Waals surface area (Å²) in [7, 11) is 0. The Labute approximate surface area is 148 Å². The molecule has 0 unspecified atom stereocenters. The summed E-state index contributed by atoms with van der Waals surface area (Å²) in [6, 6.07) is 7.69. The van der Waals surface area contributed by atoms with Gasteiger partial charge < -0.3 is 15.2 Å². The van der Waals surface area contributed by atoms with Crippen molar-refractivity contribution in [2.24, 2.45) is 11.8 Å². The van der Waals surface area contributed by atoms with Gasteiger partial charge in [0.05, 0.1) is 24.7 Å². The highest BCUT2D eigenvalue weighted by Crippen LogP contribution is 2.39. The molecule has 0 aliphatic carbocycles. The molecule has 0 spiro atoms. The lowest BCUT2D eigenvalue weighted by Crippen LogP contribution is -2.39. The summed E-state index contributed by atoms with van der Waals surface area (Å²) in [6.45, 7) is 0.424. The first-order valence-electron chi connectivity index (χ1n) is 8.16. The third kappa shape index (κ3) is 2.99. The molecule has 134 valence electrons. The summed E-state index contributed by atoms with van der Waals surface area (Å²) in [4.78, 5) is 24.0. The van der Waals surface area contributed by atoms with Crippen LogP contribution in [0.1, 0.15) is 5.56 Å². The van der Waals surface area contributed by atoms with Crippen LogP contribution in [-0.4, -0.2) is 39.0 Å². The smallest absolute Gasteiger partial charge is 0.310 e. The minimum atomic E-state index is -1.05. The summed E-state index contributed by atoms with van der Waals surface area (Å²) in [5, 5.41) is 16.3. The summed E-state index contributed by atoms with van der Waals surface area (Å²) < 4.78 is 20.1. The Balaban J connectivity index is 1.44. The van der Waals surface area contributed by atoms with Gasteiger partial charge in [0.15, 0.2) is 5.82 Å². The van der Waals surface area contributed by atoms with Crippen LogP contribution in [0.2, 0.25) is 0 Å². The first-order valence-corrected chi connectivity index (χ1v) is 8.16. The fraction of sp³-hybridized carbons (Fsp3) is 0.278.